The number of amides is 3. The lowest BCUT2D eigenvalue weighted by atomic mass is 9.96. The van der Waals surface area contributed by atoms with Crippen molar-refractivity contribution < 1.29 is 29.0 Å². The van der Waals surface area contributed by atoms with Gasteiger partial charge >= 0.3 is 6.09 Å². The Morgan fingerprint density at radius 2 is 1.71 bits per heavy atom. The van der Waals surface area contributed by atoms with Crippen molar-refractivity contribution in [2.75, 3.05) is 25.6 Å². The summed E-state index contributed by atoms with van der Waals surface area (Å²) in [6, 6.07) is 10.3. The average molecular weight is 528 g/mol. The van der Waals surface area contributed by atoms with Crippen LogP contribution in [0.5, 0.6) is 5.75 Å². The maximum Gasteiger partial charge on any atom is 0.408 e. The van der Waals surface area contributed by atoms with E-state index in [0.29, 0.717) is 23.4 Å². The first-order chi connectivity index (χ1) is 17.9. The Hall–Kier alpha value is -3.59. The largest absolute Gasteiger partial charge is 0.497 e. The second-order valence-corrected chi connectivity index (χ2v) is 10.2. The van der Waals surface area contributed by atoms with Crippen LogP contribution in [0.25, 0.3) is 0 Å². The highest BCUT2D eigenvalue weighted by Gasteiger charge is 2.36. The van der Waals surface area contributed by atoms with Crippen molar-refractivity contribution in [3.63, 3.8) is 0 Å². The van der Waals surface area contributed by atoms with Crippen LogP contribution in [0.1, 0.15) is 63.3 Å². The molecule has 0 aliphatic rings. The highest BCUT2D eigenvalue weighted by atomic mass is 16.6. The maximum atomic E-state index is 13.8. The van der Waals surface area contributed by atoms with Crippen LogP contribution in [0.3, 0.4) is 0 Å². The van der Waals surface area contributed by atoms with Crippen LogP contribution in [0, 0.1) is 13.8 Å². The van der Waals surface area contributed by atoms with Crippen molar-refractivity contribution in [3.05, 3.63) is 59.2 Å². The number of hydrogen-bond acceptors (Lipinski definition) is 6. The number of carbonyl (C=O) groups is 3. The molecular weight excluding hydrogens is 486 g/mol. The number of benzene rings is 2. The van der Waals surface area contributed by atoms with Crippen molar-refractivity contribution >= 4 is 23.6 Å². The molecule has 0 bridgehead atoms. The lowest BCUT2D eigenvalue weighted by Gasteiger charge is -2.34. The van der Waals surface area contributed by atoms with Crippen LogP contribution in [0.4, 0.5) is 10.5 Å². The standard InChI is InChI=1S/C29H41N3O6/c1-8-9-16-32(27(35)24(18-33)31-28(36)38-29(4,5)6)25(23-15-10-19(2)17-20(23)3)26(34)30-21-11-13-22(37-7)14-12-21/h10-15,17,24-25,33H,8-9,16,18H2,1-7H3,(H,30,34)(H,31,36). The molecule has 0 aliphatic heterocycles. The van der Waals surface area contributed by atoms with Gasteiger partial charge in [0.05, 0.1) is 13.7 Å². The topological polar surface area (TPSA) is 117 Å². The zero-order valence-corrected chi connectivity index (χ0v) is 23.5. The van der Waals surface area contributed by atoms with Gasteiger partial charge in [-0.15, -0.1) is 0 Å². The number of nitrogens with one attached hydrogen (secondary N) is 2. The van der Waals surface area contributed by atoms with Crippen molar-refractivity contribution in [2.45, 2.75) is 72.1 Å². The second-order valence-electron chi connectivity index (χ2n) is 10.2. The van der Waals surface area contributed by atoms with Gasteiger partial charge in [-0.1, -0.05) is 37.1 Å². The summed E-state index contributed by atoms with van der Waals surface area (Å²) >= 11 is 0. The van der Waals surface area contributed by atoms with E-state index in [-0.39, 0.29) is 6.54 Å². The molecule has 0 aliphatic carbocycles. The molecule has 3 amide bonds. The van der Waals surface area contributed by atoms with Gasteiger partial charge in [0.1, 0.15) is 23.4 Å². The quantitative estimate of drug-likeness (QED) is 0.396. The van der Waals surface area contributed by atoms with E-state index in [1.54, 1.807) is 52.1 Å². The fourth-order valence-corrected chi connectivity index (χ4v) is 4.00. The molecule has 2 atom stereocenters. The molecule has 2 aromatic rings. The van der Waals surface area contributed by atoms with Crippen LogP contribution >= 0.6 is 0 Å². The Labute approximate surface area is 225 Å². The second kappa shape index (κ2) is 13.8. The van der Waals surface area contributed by atoms with Gasteiger partial charge < -0.3 is 30.1 Å². The zero-order valence-electron chi connectivity index (χ0n) is 23.5. The van der Waals surface area contributed by atoms with Gasteiger partial charge in [0.2, 0.25) is 5.91 Å². The number of carbonyl (C=O) groups excluding carboxylic acids is 3. The zero-order chi connectivity index (χ0) is 28.5. The molecule has 38 heavy (non-hydrogen) atoms. The maximum absolute atomic E-state index is 13.8. The normalized spacial score (nSPS) is 12.7. The number of unbranched alkanes of at least 4 members (excludes halogenated alkanes) is 1. The molecular formula is C29H41N3O6. The molecule has 0 heterocycles. The lowest BCUT2D eigenvalue weighted by molar-refractivity contribution is -0.141. The minimum absolute atomic E-state index is 0.246. The smallest absolute Gasteiger partial charge is 0.408 e. The van der Waals surface area contributed by atoms with E-state index < -0.39 is 42.2 Å². The number of alkyl carbamates (subject to hydrolysis) is 1. The van der Waals surface area contributed by atoms with E-state index in [4.69, 9.17) is 9.47 Å². The molecule has 2 rings (SSSR count). The monoisotopic (exact) mass is 527 g/mol. The van der Waals surface area contributed by atoms with E-state index in [9.17, 15) is 19.5 Å². The minimum atomic E-state index is -1.29. The molecule has 3 N–H and O–H groups in total. The van der Waals surface area contributed by atoms with E-state index in [0.717, 1.165) is 17.5 Å². The number of rotatable bonds is 11. The first kappa shape index (κ1) is 30.6. The SMILES string of the molecule is CCCCN(C(=O)C(CO)NC(=O)OC(C)(C)C)C(C(=O)Nc1ccc(OC)cc1)c1ccc(C)cc1C. The number of nitrogens with zero attached hydrogens (tertiary/aromatic N) is 1. The van der Waals surface area contributed by atoms with Crippen molar-refractivity contribution in [2.24, 2.45) is 0 Å². The van der Waals surface area contributed by atoms with E-state index in [1.165, 1.54) is 4.90 Å². The molecule has 9 nitrogen and oxygen atoms in total. The summed E-state index contributed by atoms with van der Waals surface area (Å²) in [5.41, 5.74) is 2.27. The van der Waals surface area contributed by atoms with Crippen LogP contribution in [-0.2, 0) is 14.3 Å². The van der Waals surface area contributed by atoms with E-state index in [2.05, 4.69) is 10.6 Å². The van der Waals surface area contributed by atoms with Crippen molar-refractivity contribution in [3.8, 4) is 5.75 Å². The number of aliphatic hydroxyl groups is 1. The van der Waals surface area contributed by atoms with Gasteiger partial charge in [0, 0.05) is 12.2 Å². The number of methoxy groups -OCH3 is 1. The van der Waals surface area contributed by atoms with Gasteiger partial charge in [-0.2, -0.15) is 0 Å². The molecule has 2 aromatic carbocycles. The number of ether oxygens (including phenoxy) is 2. The number of hydrogen-bond donors (Lipinski definition) is 3. The van der Waals surface area contributed by atoms with Crippen LogP contribution < -0.4 is 15.4 Å². The van der Waals surface area contributed by atoms with Gasteiger partial charge in [0.15, 0.2) is 0 Å². The summed E-state index contributed by atoms with van der Waals surface area (Å²) in [7, 11) is 1.56. The molecule has 0 radical (unpaired) electrons. The highest BCUT2D eigenvalue weighted by Crippen LogP contribution is 2.28. The molecule has 0 fully saturated rings. The molecule has 0 spiro atoms. The third kappa shape index (κ3) is 8.76. The van der Waals surface area contributed by atoms with Crippen LogP contribution in [0.2, 0.25) is 0 Å². The van der Waals surface area contributed by atoms with Gasteiger partial charge in [-0.25, -0.2) is 4.79 Å². The number of aryl methyl sites for hydroxylation is 2. The van der Waals surface area contributed by atoms with Crippen molar-refractivity contribution in [1.82, 2.24) is 10.2 Å². The molecule has 2 unspecified atom stereocenters. The number of aliphatic hydroxyl groups excluding tert-OH is 1. The third-order valence-electron chi connectivity index (χ3n) is 5.84. The van der Waals surface area contributed by atoms with Crippen molar-refractivity contribution in [1.29, 1.82) is 0 Å². The Kier molecular flexibility index (Phi) is 11.1. The van der Waals surface area contributed by atoms with E-state index >= 15 is 0 Å². The van der Waals surface area contributed by atoms with Gasteiger partial charge in [-0.05, 0) is 76.4 Å². The summed E-state index contributed by atoms with van der Waals surface area (Å²) in [5, 5.41) is 15.4. The Balaban J connectivity index is 2.49. The predicted molar refractivity (Wildman–Crippen MR) is 147 cm³/mol. The van der Waals surface area contributed by atoms with Gasteiger partial charge in [-0.3, -0.25) is 9.59 Å². The summed E-state index contributed by atoms with van der Waals surface area (Å²) in [4.78, 5) is 41.5. The minimum Gasteiger partial charge on any atom is -0.497 e. The van der Waals surface area contributed by atoms with Crippen LogP contribution in [0.15, 0.2) is 42.5 Å². The molecule has 0 aromatic heterocycles. The molecule has 208 valence electrons. The number of anilines is 1. The fraction of sp³-hybridized carbons (Fsp3) is 0.483. The Morgan fingerprint density at radius 1 is 1.05 bits per heavy atom. The highest BCUT2D eigenvalue weighted by molar-refractivity contribution is 5.99. The predicted octanol–water partition coefficient (Wildman–Crippen LogP) is 4.51. The lowest BCUT2D eigenvalue weighted by Crippen LogP contribution is -2.54. The molecule has 0 saturated carbocycles. The van der Waals surface area contributed by atoms with Gasteiger partial charge in [0.25, 0.3) is 5.91 Å². The average Bonchev–Trinajstić information content (AvgIpc) is 2.84. The third-order valence-corrected chi connectivity index (χ3v) is 5.84. The molecule has 9 heteroatoms. The summed E-state index contributed by atoms with van der Waals surface area (Å²) in [6.07, 6.45) is 0.562. The molecule has 0 saturated heterocycles. The first-order valence-electron chi connectivity index (χ1n) is 12.8. The summed E-state index contributed by atoms with van der Waals surface area (Å²) < 4.78 is 10.5. The van der Waals surface area contributed by atoms with Crippen LogP contribution in [-0.4, -0.2) is 59.8 Å². The first-order valence-corrected chi connectivity index (χ1v) is 12.8. The summed E-state index contributed by atoms with van der Waals surface area (Å²) in [5.74, 6) is -0.352. The fourth-order valence-electron chi connectivity index (χ4n) is 4.00. The Morgan fingerprint density at radius 3 is 2.24 bits per heavy atom. The summed E-state index contributed by atoms with van der Waals surface area (Å²) in [6.45, 7) is 10.5. The Bertz CT molecular complexity index is 1090. The van der Waals surface area contributed by atoms with E-state index in [1.807, 2.05) is 39.0 Å².